The standard InChI is InChI=1S/C15H26N2O2/c1-6-9-16-13(7-2)12-8-10-17(11-12)14(18)19-15(3,4)5/h2,12-13,16H,6,8-11H2,1,3-5H3. The highest BCUT2D eigenvalue weighted by atomic mass is 16.6. The Labute approximate surface area is 116 Å². The number of nitrogens with one attached hydrogen (secondary N) is 1. The molecule has 0 bridgehead atoms. The van der Waals surface area contributed by atoms with Crippen molar-refractivity contribution < 1.29 is 9.53 Å². The third kappa shape index (κ3) is 5.12. The van der Waals surface area contributed by atoms with E-state index in [0.29, 0.717) is 12.5 Å². The van der Waals surface area contributed by atoms with Gasteiger partial charge in [0.15, 0.2) is 0 Å². The molecule has 1 amide bonds. The highest BCUT2D eigenvalue weighted by Crippen LogP contribution is 2.22. The van der Waals surface area contributed by atoms with E-state index in [2.05, 4.69) is 18.2 Å². The van der Waals surface area contributed by atoms with Crippen LogP contribution in [0.25, 0.3) is 0 Å². The monoisotopic (exact) mass is 266 g/mol. The summed E-state index contributed by atoms with van der Waals surface area (Å²) in [7, 11) is 0. The van der Waals surface area contributed by atoms with Crippen molar-refractivity contribution in [3.8, 4) is 12.3 Å². The number of hydrogen-bond donors (Lipinski definition) is 1. The average molecular weight is 266 g/mol. The van der Waals surface area contributed by atoms with Crippen molar-refractivity contribution >= 4 is 6.09 Å². The molecule has 4 heteroatoms. The molecule has 1 N–H and O–H groups in total. The van der Waals surface area contributed by atoms with E-state index in [0.717, 1.165) is 25.9 Å². The summed E-state index contributed by atoms with van der Waals surface area (Å²) in [5.41, 5.74) is -0.443. The summed E-state index contributed by atoms with van der Waals surface area (Å²) in [6, 6.07) is 0.0485. The van der Waals surface area contributed by atoms with Crippen LogP contribution in [0.5, 0.6) is 0 Å². The van der Waals surface area contributed by atoms with Gasteiger partial charge in [0, 0.05) is 19.0 Å². The first-order valence-corrected chi connectivity index (χ1v) is 7.04. The molecule has 108 valence electrons. The molecule has 1 aliphatic heterocycles. The minimum absolute atomic E-state index is 0.0485. The zero-order valence-electron chi connectivity index (χ0n) is 12.5. The fourth-order valence-corrected chi connectivity index (χ4v) is 2.21. The van der Waals surface area contributed by atoms with Gasteiger partial charge in [-0.25, -0.2) is 4.79 Å². The Kier molecular flexibility index (Phi) is 5.68. The number of ether oxygens (including phenoxy) is 1. The first kappa shape index (κ1) is 15.8. The van der Waals surface area contributed by atoms with Crippen molar-refractivity contribution in [1.82, 2.24) is 10.2 Å². The van der Waals surface area contributed by atoms with E-state index in [1.54, 1.807) is 4.90 Å². The molecule has 19 heavy (non-hydrogen) atoms. The Balaban J connectivity index is 2.48. The van der Waals surface area contributed by atoms with Crippen molar-refractivity contribution in [2.75, 3.05) is 19.6 Å². The molecule has 0 aliphatic carbocycles. The van der Waals surface area contributed by atoms with Crippen LogP contribution in [-0.4, -0.2) is 42.3 Å². The van der Waals surface area contributed by atoms with Gasteiger partial charge in [0.05, 0.1) is 6.04 Å². The number of likely N-dealkylation sites (tertiary alicyclic amines) is 1. The van der Waals surface area contributed by atoms with Gasteiger partial charge in [-0.1, -0.05) is 12.8 Å². The molecule has 1 aliphatic rings. The minimum atomic E-state index is -0.443. The maximum absolute atomic E-state index is 12.0. The van der Waals surface area contributed by atoms with E-state index < -0.39 is 5.60 Å². The lowest BCUT2D eigenvalue weighted by molar-refractivity contribution is 0.0287. The normalized spacial score (nSPS) is 21.0. The lowest BCUT2D eigenvalue weighted by Gasteiger charge is -2.25. The van der Waals surface area contributed by atoms with E-state index in [9.17, 15) is 4.79 Å². The zero-order chi connectivity index (χ0) is 14.5. The highest BCUT2D eigenvalue weighted by Gasteiger charge is 2.33. The predicted octanol–water partition coefficient (Wildman–Crippen LogP) is 2.24. The maximum atomic E-state index is 12.0. The SMILES string of the molecule is C#CC(NCCC)C1CCN(C(=O)OC(C)(C)C)C1. The number of hydrogen-bond acceptors (Lipinski definition) is 3. The van der Waals surface area contributed by atoms with Crippen LogP contribution >= 0.6 is 0 Å². The second-order valence-corrected chi connectivity index (χ2v) is 6.07. The van der Waals surface area contributed by atoms with Crippen LogP contribution in [-0.2, 0) is 4.74 Å². The molecule has 2 atom stereocenters. The summed E-state index contributed by atoms with van der Waals surface area (Å²) in [5, 5.41) is 3.35. The van der Waals surface area contributed by atoms with Gasteiger partial charge < -0.3 is 15.0 Å². The zero-order valence-corrected chi connectivity index (χ0v) is 12.5. The van der Waals surface area contributed by atoms with Crippen LogP contribution in [0.4, 0.5) is 4.79 Å². The third-order valence-electron chi connectivity index (χ3n) is 3.14. The van der Waals surface area contributed by atoms with Crippen LogP contribution in [0, 0.1) is 18.3 Å². The fraction of sp³-hybridized carbons (Fsp3) is 0.800. The number of rotatable bonds is 4. The van der Waals surface area contributed by atoms with Gasteiger partial charge >= 0.3 is 6.09 Å². The molecule has 1 heterocycles. The molecule has 0 aromatic heterocycles. The first-order valence-electron chi connectivity index (χ1n) is 7.04. The van der Waals surface area contributed by atoms with Crippen molar-refractivity contribution in [2.24, 2.45) is 5.92 Å². The van der Waals surface area contributed by atoms with Gasteiger partial charge in [-0.2, -0.15) is 0 Å². The lowest BCUT2D eigenvalue weighted by Crippen LogP contribution is -2.39. The Bertz CT molecular complexity index is 341. The molecule has 0 spiro atoms. The lowest BCUT2D eigenvalue weighted by atomic mass is 9.99. The number of carbonyl (C=O) groups excluding carboxylic acids is 1. The Morgan fingerprint density at radius 2 is 2.26 bits per heavy atom. The Hall–Kier alpha value is -1.21. The van der Waals surface area contributed by atoms with Crippen molar-refractivity contribution in [3.05, 3.63) is 0 Å². The van der Waals surface area contributed by atoms with Crippen LogP contribution in [0.2, 0.25) is 0 Å². The summed E-state index contributed by atoms with van der Waals surface area (Å²) < 4.78 is 5.38. The highest BCUT2D eigenvalue weighted by molar-refractivity contribution is 5.68. The molecule has 1 rings (SSSR count). The van der Waals surface area contributed by atoms with Gasteiger partial charge in [0.25, 0.3) is 0 Å². The van der Waals surface area contributed by atoms with Gasteiger partial charge in [-0.05, 0) is 40.2 Å². The van der Waals surface area contributed by atoms with Crippen molar-refractivity contribution in [3.63, 3.8) is 0 Å². The van der Waals surface area contributed by atoms with Crippen molar-refractivity contribution in [1.29, 1.82) is 0 Å². The topological polar surface area (TPSA) is 41.6 Å². The molecule has 1 saturated heterocycles. The number of carbonyl (C=O) groups is 1. The summed E-state index contributed by atoms with van der Waals surface area (Å²) in [6.07, 6.45) is 7.33. The largest absolute Gasteiger partial charge is 0.444 e. The predicted molar refractivity (Wildman–Crippen MR) is 76.8 cm³/mol. The minimum Gasteiger partial charge on any atom is -0.444 e. The number of nitrogens with zero attached hydrogens (tertiary/aromatic N) is 1. The third-order valence-corrected chi connectivity index (χ3v) is 3.14. The molecule has 0 aromatic carbocycles. The maximum Gasteiger partial charge on any atom is 0.410 e. The molecular formula is C15H26N2O2. The van der Waals surface area contributed by atoms with E-state index in [1.165, 1.54) is 0 Å². The summed E-state index contributed by atoms with van der Waals surface area (Å²) >= 11 is 0. The number of terminal acetylenes is 1. The fourth-order valence-electron chi connectivity index (χ4n) is 2.21. The van der Waals surface area contributed by atoms with Gasteiger partial charge in [-0.3, -0.25) is 0 Å². The van der Waals surface area contributed by atoms with E-state index in [1.807, 2.05) is 20.8 Å². The average Bonchev–Trinajstić information content (AvgIpc) is 2.77. The van der Waals surface area contributed by atoms with Gasteiger partial charge in [-0.15, -0.1) is 6.42 Å². The molecule has 0 saturated carbocycles. The van der Waals surface area contributed by atoms with E-state index in [-0.39, 0.29) is 12.1 Å². The number of amides is 1. The summed E-state index contributed by atoms with van der Waals surface area (Å²) in [5.74, 6) is 3.12. The molecule has 1 fully saturated rings. The quantitative estimate of drug-likeness (QED) is 0.794. The summed E-state index contributed by atoms with van der Waals surface area (Å²) in [4.78, 5) is 13.7. The van der Waals surface area contributed by atoms with E-state index >= 15 is 0 Å². The van der Waals surface area contributed by atoms with Gasteiger partial charge in [0.1, 0.15) is 5.60 Å². The van der Waals surface area contributed by atoms with E-state index in [4.69, 9.17) is 11.2 Å². The second kappa shape index (κ2) is 6.81. The second-order valence-electron chi connectivity index (χ2n) is 6.07. The molecule has 4 nitrogen and oxygen atoms in total. The summed E-state index contributed by atoms with van der Waals surface area (Å²) in [6.45, 7) is 10.1. The van der Waals surface area contributed by atoms with Gasteiger partial charge in [0.2, 0.25) is 0 Å². The van der Waals surface area contributed by atoms with Crippen LogP contribution in [0.15, 0.2) is 0 Å². The van der Waals surface area contributed by atoms with Crippen LogP contribution < -0.4 is 5.32 Å². The molecule has 0 aromatic rings. The molecule has 0 radical (unpaired) electrons. The Morgan fingerprint density at radius 1 is 1.58 bits per heavy atom. The Morgan fingerprint density at radius 3 is 2.79 bits per heavy atom. The smallest absolute Gasteiger partial charge is 0.410 e. The van der Waals surface area contributed by atoms with Crippen molar-refractivity contribution in [2.45, 2.75) is 52.2 Å². The van der Waals surface area contributed by atoms with Crippen LogP contribution in [0.1, 0.15) is 40.5 Å². The first-order chi connectivity index (χ1) is 8.87. The van der Waals surface area contributed by atoms with Crippen LogP contribution in [0.3, 0.4) is 0 Å². The molecule has 2 unspecified atom stereocenters. The molecular weight excluding hydrogens is 240 g/mol.